The lowest BCUT2D eigenvalue weighted by molar-refractivity contribution is -0.134. The Labute approximate surface area is 90.6 Å². The molecule has 1 amide bonds. The van der Waals surface area contributed by atoms with Gasteiger partial charge in [-0.25, -0.2) is 0 Å². The van der Waals surface area contributed by atoms with Crippen molar-refractivity contribution >= 4 is 5.91 Å². The number of hydrogen-bond donors (Lipinski definition) is 2. The van der Waals surface area contributed by atoms with Crippen LogP contribution in [0.1, 0.15) is 26.7 Å². The third-order valence-corrected chi connectivity index (χ3v) is 3.83. The number of nitrogens with one attached hydrogen (secondary N) is 1. The summed E-state index contributed by atoms with van der Waals surface area (Å²) in [6.07, 6.45) is 1.31. The van der Waals surface area contributed by atoms with Gasteiger partial charge in [-0.15, -0.1) is 0 Å². The molecule has 0 aromatic heterocycles. The van der Waals surface area contributed by atoms with Gasteiger partial charge in [0.25, 0.3) is 0 Å². The second kappa shape index (κ2) is 4.10. The molecule has 86 valence electrons. The molecule has 0 spiro atoms. The lowest BCUT2D eigenvalue weighted by Gasteiger charge is -2.26. The van der Waals surface area contributed by atoms with Crippen molar-refractivity contribution in [1.29, 1.82) is 0 Å². The molecule has 2 aliphatic rings. The van der Waals surface area contributed by atoms with Crippen molar-refractivity contribution < 1.29 is 9.90 Å². The van der Waals surface area contributed by atoms with Crippen molar-refractivity contribution in [3.8, 4) is 0 Å². The minimum atomic E-state index is -0.353. The maximum atomic E-state index is 12.1. The van der Waals surface area contributed by atoms with Gasteiger partial charge in [0.1, 0.15) is 0 Å². The van der Waals surface area contributed by atoms with E-state index in [4.69, 9.17) is 0 Å². The van der Waals surface area contributed by atoms with E-state index in [1.165, 1.54) is 0 Å². The highest BCUT2D eigenvalue weighted by Crippen LogP contribution is 2.25. The second-order valence-electron chi connectivity index (χ2n) is 4.89. The Morgan fingerprint density at radius 3 is 2.67 bits per heavy atom. The number of carbonyl (C=O) groups is 1. The summed E-state index contributed by atoms with van der Waals surface area (Å²) in [6, 6.07) is 0.185. The number of β-amino-alcohol motifs (C(OH)–C–C–N with tert-alkyl or cyclic N) is 1. The van der Waals surface area contributed by atoms with Crippen molar-refractivity contribution in [3.63, 3.8) is 0 Å². The maximum absolute atomic E-state index is 12.1. The predicted octanol–water partition coefficient (Wildman–Crippen LogP) is -0.0339. The standard InChI is InChI=1S/C11H20N2O2/c1-7-3-4-13(8(7)2)11(15)10-5-9(14)6-12-10/h7-10,12,14H,3-6H2,1-2H3/t7?,8?,9-,10-/m1/s1. The van der Waals surface area contributed by atoms with Gasteiger partial charge in [-0.05, 0) is 25.7 Å². The summed E-state index contributed by atoms with van der Waals surface area (Å²) in [4.78, 5) is 14.1. The van der Waals surface area contributed by atoms with E-state index in [-0.39, 0.29) is 18.1 Å². The fraction of sp³-hybridized carbons (Fsp3) is 0.909. The number of aliphatic hydroxyl groups is 1. The predicted molar refractivity (Wildman–Crippen MR) is 57.4 cm³/mol. The molecule has 2 fully saturated rings. The average Bonchev–Trinajstić information content (AvgIpc) is 2.75. The van der Waals surface area contributed by atoms with Gasteiger partial charge in [-0.2, -0.15) is 0 Å². The number of hydrogen-bond acceptors (Lipinski definition) is 3. The van der Waals surface area contributed by atoms with Crippen LogP contribution in [0, 0.1) is 5.92 Å². The van der Waals surface area contributed by atoms with Gasteiger partial charge in [0, 0.05) is 19.1 Å². The SMILES string of the molecule is CC1CCN(C(=O)[C@H]2C[C@@H](O)CN2)C1C. The average molecular weight is 212 g/mol. The molecule has 2 rings (SSSR count). The highest BCUT2D eigenvalue weighted by molar-refractivity contribution is 5.82. The van der Waals surface area contributed by atoms with Crippen LogP contribution in [-0.4, -0.2) is 47.2 Å². The van der Waals surface area contributed by atoms with Crippen LogP contribution in [0.3, 0.4) is 0 Å². The maximum Gasteiger partial charge on any atom is 0.240 e. The van der Waals surface area contributed by atoms with Gasteiger partial charge in [0.2, 0.25) is 5.91 Å². The van der Waals surface area contributed by atoms with Crippen molar-refractivity contribution in [1.82, 2.24) is 10.2 Å². The minimum Gasteiger partial charge on any atom is -0.392 e. The van der Waals surface area contributed by atoms with Crippen LogP contribution >= 0.6 is 0 Å². The molecular weight excluding hydrogens is 192 g/mol. The summed E-state index contributed by atoms with van der Waals surface area (Å²) in [7, 11) is 0. The van der Waals surface area contributed by atoms with Crippen LogP contribution in [0.15, 0.2) is 0 Å². The van der Waals surface area contributed by atoms with Gasteiger partial charge in [-0.1, -0.05) is 6.92 Å². The van der Waals surface area contributed by atoms with E-state index in [0.717, 1.165) is 13.0 Å². The van der Waals surface area contributed by atoms with E-state index >= 15 is 0 Å². The zero-order chi connectivity index (χ0) is 11.0. The van der Waals surface area contributed by atoms with Crippen LogP contribution in [0.2, 0.25) is 0 Å². The molecule has 4 heteroatoms. The van der Waals surface area contributed by atoms with Crippen molar-refractivity contribution in [3.05, 3.63) is 0 Å². The topological polar surface area (TPSA) is 52.6 Å². The summed E-state index contributed by atoms with van der Waals surface area (Å²) < 4.78 is 0. The normalized spacial score (nSPS) is 41.1. The summed E-state index contributed by atoms with van der Waals surface area (Å²) >= 11 is 0. The van der Waals surface area contributed by atoms with E-state index in [9.17, 15) is 9.90 Å². The van der Waals surface area contributed by atoms with E-state index in [0.29, 0.717) is 24.9 Å². The van der Waals surface area contributed by atoms with Gasteiger partial charge in [0.15, 0.2) is 0 Å². The van der Waals surface area contributed by atoms with Crippen LogP contribution in [-0.2, 0) is 4.79 Å². The molecule has 4 nitrogen and oxygen atoms in total. The molecule has 2 unspecified atom stereocenters. The third-order valence-electron chi connectivity index (χ3n) is 3.83. The monoisotopic (exact) mass is 212 g/mol. The van der Waals surface area contributed by atoms with Crippen LogP contribution < -0.4 is 5.32 Å². The van der Waals surface area contributed by atoms with E-state index in [1.54, 1.807) is 0 Å². The molecular formula is C11H20N2O2. The summed E-state index contributed by atoms with van der Waals surface area (Å²) in [5.74, 6) is 0.767. The first-order valence-corrected chi connectivity index (χ1v) is 5.81. The van der Waals surface area contributed by atoms with Gasteiger partial charge in [-0.3, -0.25) is 4.79 Å². The summed E-state index contributed by atoms with van der Waals surface area (Å²) in [5, 5.41) is 12.5. The van der Waals surface area contributed by atoms with Crippen molar-refractivity contribution in [2.45, 2.75) is 44.9 Å². The smallest absolute Gasteiger partial charge is 0.240 e. The Morgan fingerprint density at radius 1 is 1.47 bits per heavy atom. The molecule has 2 aliphatic heterocycles. The number of aliphatic hydroxyl groups excluding tert-OH is 1. The fourth-order valence-electron chi connectivity index (χ4n) is 2.51. The molecule has 0 saturated carbocycles. The Kier molecular flexibility index (Phi) is 2.98. The molecule has 0 aromatic carbocycles. The Balaban J connectivity index is 1.96. The van der Waals surface area contributed by atoms with Crippen LogP contribution in [0.4, 0.5) is 0 Å². The third kappa shape index (κ3) is 2.01. The number of amides is 1. The molecule has 0 aliphatic carbocycles. The molecule has 4 atom stereocenters. The van der Waals surface area contributed by atoms with E-state index in [1.807, 2.05) is 4.90 Å². The molecule has 0 bridgehead atoms. The lowest BCUT2D eigenvalue weighted by atomic mass is 10.0. The fourth-order valence-corrected chi connectivity index (χ4v) is 2.51. The van der Waals surface area contributed by atoms with Crippen molar-refractivity contribution in [2.75, 3.05) is 13.1 Å². The number of nitrogens with zero attached hydrogens (tertiary/aromatic N) is 1. The first kappa shape index (κ1) is 10.9. The first-order chi connectivity index (χ1) is 7.09. The Bertz CT molecular complexity index is 257. The highest BCUT2D eigenvalue weighted by Gasteiger charge is 2.37. The van der Waals surface area contributed by atoms with Gasteiger partial charge >= 0.3 is 0 Å². The molecule has 2 heterocycles. The van der Waals surface area contributed by atoms with Crippen LogP contribution in [0.5, 0.6) is 0 Å². The molecule has 2 saturated heterocycles. The quantitative estimate of drug-likeness (QED) is 0.641. The Hall–Kier alpha value is -0.610. The zero-order valence-corrected chi connectivity index (χ0v) is 9.44. The zero-order valence-electron chi connectivity index (χ0n) is 9.44. The molecule has 15 heavy (non-hydrogen) atoms. The van der Waals surface area contributed by atoms with Crippen molar-refractivity contribution in [2.24, 2.45) is 5.92 Å². The molecule has 0 aromatic rings. The van der Waals surface area contributed by atoms with Crippen LogP contribution in [0.25, 0.3) is 0 Å². The first-order valence-electron chi connectivity index (χ1n) is 5.81. The largest absolute Gasteiger partial charge is 0.392 e. The van der Waals surface area contributed by atoms with E-state index < -0.39 is 0 Å². The molecule has 0 radical (unpaired) electrons. The van der Waals surface area contributed by atoms with E-state index in [2.05, 4.69) is 19.2 Å². The summed E-state index contributed by atoms with van der Waals surface area (Å²) in [5.41, 5.74) is 0. The number of carbonyl (C=O) groups excluding carboxylic acids is 1. The lowest BCUT2D eigenvalue weighted by Crippen LogP contribution is -2.45. The highest BCUT2D eigenvalue weighted by atomic mass is 16.3. The van der Waals surface area contributed by atoms with Gasteiger partial charge < -0.3 is 15.3 Å². The van der Waals surface area contributed by atoms with Gasteiger partial charge in [0.05, 0.1) is 12.1 Å². The molecule has 2 N–H and O–H groups in total. The number of rotatable bonds is 1. The summed E-state index contributed by atoms with van der Waals surface area (Å²) in [6.45, 7) is 5.72. The minimum absolute atomic E-state index is 0.159. The Morgan fingerprint density at radius 2 is 2.20 bits per heavy atom. The second-order valence-corrected chi connectivity index (χ2v) is 4.89. The number of likely N-dealkylation sites (tertiary alicyclic amines) is 1.